The molecule has 0 saturated carbocycles. The Labute approximate surface area is 97.9 Å². The van der Waals surface area contributed by atoms with Crippen molar-refractivity contribution in [2.75, 3.05) is 0 Å². The van der Waals surface area contributed by atoms with Crippen LogP contribution in [0.25, 0.3) is 0 Å². The van der Waals surface area contributed by atoms with Crippen LogP contribution in [0.15, 0.2) is 0 Å². The summed E-state index contributed by atoms with van der Waals surface area (Å²) < 4.78 is 0. The molecule has 0 saturated heterocycles. The van der Waals surface area contributed by atoms with Crippen molar-refractivity contribution < 1.29 is 0 Å². The van der Waals surface area contributed by atoms with E-state index in [1.807, 2.05) is 0 Å². The van der Waals surface area contributed by atoms with Gasteiger partial charge in [0.2, 0.25) is 0 Å². The Morgan fingerprint density at radius 1 is 0.800 bits per heavy atom. The number of terminal acetylenes is 1. The first kappa shape index (κ1) is 14.8. The molecule has 0 aliphatic carbocycles. The zero-order chi connectivity index (χ0) is 12.1. The first-order valence-electron chi connectivity index (χ1n) is 6.29. The summed E-state index contributed by atoms with van der Waals surface area (Å²) in [7, 11) is -1.43. The minimum Gasteiger partial charge on any atom is -0.134 e. The molecule has 0 N–H and O–H groups in total. The summed E-state index contributed by atoms with van der Waals surface area (Å²) in [4.78, 5) is 0. The minimum atomic E-state index is -1.43. The lowest BCUT2D eigenvalue weighted by atomic mass is 10.2. The second kappa shape index (κ2) is 6.38. The Morgan fingerprint density at radius 2 is 1.07 bits per heavy atom. The van der Waals surface area contributed by atoms with Gasteiger partial charge in [-0.2, -0.15) is 0 Å². The molecular formula is C14H28Si. The van der Waals surface area contributed by atoms with Crippen LogP contribution in [0.5, 0.6) is 0 Å². The lowest BCUT2D eigenvalue weighted by molar-refractivity contribution is 0.650. The third kappa shape index (κ3) is 6.05. The Kier molecular flexibility index (Phi) is 6.28. The van der Waals surface area contributed by atoms with Crippen molar-refractivity contribution in [3.8, 4) is 12.0 Å². The lowest BCUT2D eigenvalue weighted by Gasteiger charge is -2.31. The highest BCUT2D eigenvalue weighted by atomic mass is 28.3. The van der Waals surface area contributed by atoms with E-state index in [1.54, 1.807) is 0 Å². The molecule has 0 aromatic carbocycles. The van der Waals surface area contributed by atoms with Crippen molar-refractivity contribution in [3.63, 3.8) is 0 Å². The fraction of sp³-hybridized carbons (Fsp3) is 0.857. The quantitative estimate of drug-likeness (QED) is 0.458. The molecular weight excluding hydrogens is 196 g/mol. The van der Waals surface area contributed by atoms with Crippen molar-refractivity contribution in [2.45, 2.75) is 59.7 Å². The summed E-state index contributed by atoms with van der Waals surface area (Å²) in [5, 5.41) is 0. The molecule has 1 heteroatoms. The largest absolute Gasteiger partial charge is 0.138 e. The van der Waals surface area contributed by atoms with E-state index < -0.39 is 8.07 Å². The van der Waals surface area contributed by atoms with E-state index in [-0.39, 0.29) is 0 Å². The van der Waals surface area contributed by atoms with Crippen molar-refractivity contribution in [1.29, 1.82) is 0 Å². The zero-order valence-electron chi connectivity index (χ0n) is 11.4. The molecule has 0 bridgehead atoms. The average molecular weight is 224 g/mol. The highest BCUT2D eigenvalue weighted by Crippen LogP contribution is 2.31. The van der Waals surface area contributed by atoms with Crippen LogP contribution in [0.3, 0.4) is 0 Å². The van der Waals surface area contributed by atoms with Gasteiger partial charge in [-0.1, -0.05) is 41.5 Å². The van der Waals surface area contributed by atoms with Crippen LogP contribution >= 0.6 is 0 Å². The van der Waals surface area contributed by atoms with E-state index >= 15 is 0 Å². The summed E-state index contributed by atoms with van der Waals surface area (Å²) >= 11 is 0. The van der Waals surface area contributed by atoms with Crippen LogP contribution in [0, 0.1) is 29.7 Å². The maximum absolute atomic E-state index is 5.86. The first-order chi connectivity index (χ1) is 6.81. The van der Waals surface area contributed by atoms with Crippen LogP contribution in [-0.4, -0.2) is 8.07 Å². The Bertz CT molecular complexity index is 181. The SMILES string of the molecule is C#C[Si](CC(C)C)(CC(C)C)CC(C)C. The third-order valence-corrected chi connectivity index (χ3v) is 8.11. The molecule has 0 radical (unpaired) electrons. The van der Waals surface area contributed by atoms with Gasteiger partial charge in [0.25, 0.3) is 0 Å². The number of rotatable bonds is 6. The monoisotopic (exact) mass is 224 g/mol. The zero-order valence-corrected chi connectivity index (χ0v) is 12.4. The van der Waals surface area contributed by atoms with Gasteiger partial charge < -0.3 is 0 Å². The fourth-order valence-electron chi connectivity index (χ4n) is 2.77. The predicted molar refractivity (Wildman–Crippen MR) is 73.5 cm³/mol. The number of hydrogen-bond donors (Lipinski definition) is 0. The van der Waals surface area contributed by atoms with Gasteiger partial charge in [0, 0.05) is 0 Å². The Morgan fingerprint density at radius 3 is 1.20 bits per heavy atom. The molecule has 88 valence electrons. The van der Waals surface area contributed by atoms with E-state index in [4.69, 9.17) is 6.42 Å². The van der Waals surface area contributed by atoms with E-state index in [2.05, 4.69) is 47.1 Å². The topological polar surface area (TPSA) is 0 Å². The molecule has 0 rings (SSSR count). The third-order valence-electron chi connectivity index (χ3n) is 2.70. The second-order valence-corrected chi connectivity index (χ2v) is 10.3. The average Bonchev–Trinajstić information content (AvgIpc) is 1.99. The summed E-state index contributed by atoms with van der Waals surface area (Å²) in [6.07, 6.45) is 5.86. The summed E-state index contributed by atoms with van der Waals surface area (Å²) in [6.45, 7) is 13.8. The molecule has 0 atom stereocenters. The predicted octanol–water partition coefficient (Wildman–Crippen LogP) is 4.58. The molecule has 0 aromatic heterocycles. The highest BCUT2D eigenvalue weighted by molar-refractivity contribution is 6.87. The molecule has 15 heavy (non-hydrogen) atoms. The van der Waals surface area contributed by atoms with E-state index in [0.717, 1.165) is 17.8 Å². The molecule has 0 aromatic rings. The molecule has 0 aliphatic rings. The van der Waals surface area contributed by atoms with Crippen LogP contribution in [-0.2, 0) is 0 Å². The van der Waals surface area contributed by atoms with Crippen molar-refractivity contribution in [1.82, 2.24) is 0 Å². The first-order valence-corrected chi connectivity index (χ1v) is 8.91. The standard InChI is InChI=1S/C14H28Si/c1-8-15(9-12(2)3,10-13(4)5)11-14(6)7/h1,12-14H,9-11H2,2-7H3. The summed E-state index contributed by atoms with van der Waals surface area (Å²) in [5.41, 5.74) is 3.25. The maximum Gasteiger partial charge on any atom is 0.138 e. The van der Waals surface area contributed by atoms with Crippen LogP contribution in [0.2, 0.25) is 18.1 Å². The Hall–Kier alpha value is -0.223. The lowest BCUT2D eigenvalue weighted by Crippen LogP contribution is -2.37. The van der Waals surface area contributed by atoms with E-state index in [1.165, 1.54) is 18.1 Å². The molecule has 0 nitrogen and oxygen atoms in total. The summed E-state index contributed by atoms with van der Waals surface area (Å²) in [5.74, 6) is 2.26. The van der Waals surface area contributed by atoms with Gasteiger partial charge in [-0.15, -0.1) is 12.0 Å². The minimum absolute atomic E-state index is 0.755. The van der Waals surface area contributed by atoms with Gasteiger partial charge in [-0.3, -0.25) is 0 Å². The molecule has 0 aliphatic heterocycles. The molecule has 0 unspecified atom stereocenters. The fourth-order valence-corrected chi connectivity index (χ4v) is 8.31. The second-order valence-electron chi connectivity index (χ2n) is 6.22. The van der Waals surface area contributed by atoms with Gasteiger partial charge >= 0.3 is 0 Å². The molecule has 0 heterocycles. The van der Waals surface area contributed by atoms with Gasteiger partial charge in [0.15, 0.2) is 0 Å². The van der Waals surface area contributed by atoms with E-state index in [0.29, 0.717) is 0 Å². The highest BCUT2D eigenvalue weighted by Gasteiger charge is 2.33. The molecule has 0 amide bonds. The van der Waals surface area contributed by atoms with Crippen molar-refractivity contribution in [2.24, 2.45) is 17.8 Å². The van der Waals surface area contributed by atoms with Gasteiger partial charge in [-0.05, 0) is 35.9 Å². The van der Waals surface area contributed by atoms with Gasteiger partial charge in [0.1, 0.15) is 8.07 Å². The Balaban J connectivity index is 4.69. The van der Waals surface area contributed by atoms with Crippen LogP contribution < -0.4 is 0 Å². The summed E-state index contributed by atoms with van der Waals surface area (Å²) in [6, 6.07) is 3.92. The van der Waals surface area contributed by atoms with Gasteiger partial charge in [-0.25, -0.2) is 0 Å². The van der Waals surface area contributed by atoms with Crippen LogP contribution in [0.4, 0.5) is 0 Å². The molecule has 0 spiro atoms. The van der Waals surface area contributed by atoms with Crippen LogP contribution in [0.1, 0.15) is 41.5 Å². The molecule has 0 fully saturated rings. The smallest absolute Gasteiger partial charge is 0.134 e. The normalized spacial score (nSPS) is 12.5. The van der Waals surface area contributed by atoms with E-state index in [9.17, 15) is 0 Å². The number of hydrogen-bond acceptors (Lipinski definition) is 0. The maximum atomic E-state index is 5.86. The van der Waals surface area contributed by atoms with Crippen molar-refractivity contribution >= 4 is 8.07 Å². The van der Waals surface area contributed by atoms with Gasteiger partial charge in [0.05, 0.1) is 0 Å². The van der Waals surface area contributed by atoms with Crippen molar-refractivity contribution in [3.05, 3.63) is 0 Å².